The maximum Gasteiger partial charge on any atom is 0.337 e. The van der Waals surface area contributed by atoms with E-state index in [0.29, 0.717) is 12.3 Å². The first-order valence-electron chi connectivity index (χ1n) is 7.23. The molecule has 1 rings (SSSR count). The third kappa shape index (κ3) is 5.19. The molecular formula is C15H24N2O5S. The molecule has 0 radical (unpaired) electrons. The van der Waals surface area contributed by atoms with Crippen molar-refractivity contribution in [2.45, 2.75) is 31.2 Å². The molecule has 23 heavy (non-hydrogen) atoms. The van der Waals surface area contributed by atoms with Crippen molar-refractivity contribution in [3.8, 4) is 5.75 Å². The molecule has 7 nitrogen and oxygen atoms in total. The molecule has 0 saturated heterocycles. The highest BCUT2D eigenvalue weighted by Gasteiger charge is 2.24. The summed E-state index contributed by atoms with van der Waals surface area (Å²) < 4.78 is 37.4. The first kappa shape index (κ1) is 19.4. The van der Waals surface area contributed by atoms with Crippen molar-refractivity contribution in [1.29, 1.82) is 0 Å². The molecule has 0 aromatic heterocycles. The second kappa shape index (κ2) is 8.28. The summed E-state index contributed by atoms with van der Waals surface area (Å²) >= 11 is 0. The maximum atomic E-state index is 12.6. The molecule has 0 spiro atoms. The molecule has 1 aromatic rings. The summed E-state index contributed by atoms with van der Waals surface area (Å²) in [6.07, 6.45) is 0.623. The summed E-state index contributed by atoms with van der Waals surface area (Å²) in [7, 11) is -1.23. The summed E-state index contributed by atoms with van der Waals surface area (Å²) in [6.45, 7) is 4.17. The van der Waals surface area contributed by atoms with Gasteiger partial charge in [-0.1, -0.05) is 13.8 Å². The molecule has 0 fully saturated rings. The molecule has 1 unspecified atom stereocenters. The number of carbonyl (C=O) groups excluding carboxylic acids is 1. The average Bonchev–Trinajstić information content (AvgIpc) is 2.51. The topological polar surface area (TPSA) is 108 Å². The summed E-state index contributed by atoms with van der Waals surface area (Å²) in [5.74, 6) is -0.199. The second-order valence-electron chi connectivity index (χ2n) is 5.54. The summed E-state index contributed by atoms with van der Waals surface area (Å²) in [5.41, 5.74) is 5.85. The third-order valence-corrected chi connectivity index (χ3v) is 4.80. The number of carbonyl (C=O) groups is 1. The molecule has 0 bridgehead atoms. The number of sulfonamides is 1. The smallest absolute Gasteiger partial charge is 0.337 e. The van der Waals surface area contributed by atoms with Crippen molar-refractivity contribution in [1.82, 2.24) is 4.72 Å². The first-order chi connectivity index (χ1) is 10.7. The highest BCUT2D eigenvalue weighted by Crippen LogP contribution is 2.25. The van der Waals surface area contributed by atoms with Crippen LogP contribution in [0, 0.1) is 5.92 Å². The van der Waals surface area contributed by atoms with E-state index in [2.05, 4.69) is 9.46 Å². The number of nitrogens with two attached hydrogens (primary N) is 1. The van der Waals surface area contributed by atoms with Crippen molar-refractivity contribution in [3.05, 3.63) is 23.8 Å². The highest BCUT2D eigenvalue weighted by atomic mass is 32.2. The predicted octanol–water partition coefficient (Wildman–Crippen LogP) is 1.13. The Morgan fingerprint density at radius 3 is 2.43 bits per heavy atom. The minimum absolute atomic E-state index is 0.0464. The van der Waals surface area contributed by atoms with Crippen LogP contribution in [0.2, 0.25) is 0 Å². The average molecular weight is 344 g/mol. The Kier molecular flexibility index (Phi) is 6.99. The van der Waals surface area contributed by atoms with Gasteiger partial charge in [-0.3, -0.25) is 0 Å². The maximum absolute atomic E-state index is 12.6. The van der Waals surface area contributed by atoms with Gasteiger partial charge in [0.25, 0.3) is 0 Å². The molecule has 1 atom stereocenters. The fourth-order valence-electron chi connectivity index (χ4n) is 2.18. The Labute approximate surface area is 137 Å². The van der Waals surface area contributed by atoms with Gasteiger partial charge in [0.1, 0.15) is 10.6 Å². The van der Waals surface area contributed by atoms with Crippen LogP contribution in [0.5, 0.6) is 5.75 Å². The van der Waals surface area contributed by atoms with Crippen LogP contribution in [0.1, 0.15) is 30.6 Å². The van der Waals surface area contributed by atoms with Crippen LogP contribution >= 0.6 is 0 Å². The third-order valence-electron chi connectivity index (χ3n) is 3.24. The van der Waals surface area contributed by atoms with E-state index in [-0.39, 0.29) is 28.8 Å². The van der Waals surface area contributed by atoms with Gasteiger partial charge in [-0.15, -0.1) is 0 Å². The summed E-state index contributed by atoms with van der Waals surface area (Å²) in [6, 6.07) is 3.66. The quantitative estimate of drug-likeness (QED) is 0.685. The summed E-state index contributed by atoms with van der Waals surface area (Å²) in [5, 5.41) is 0. The molecule has 0 saturated carbocycles. The fourth-order valence-corrected chi connectivity index (χ4v) is 3.59. The van der Waals surface area contributed by atoms with Gasteiger partial charge in [0, 0.05) is 12.6 Å². The Bertz CT molecular complexity index is 643. The Balaban J connectivity index is 3.14. The van der Waals surface area contributed by atoms with Crippen LogP contribution < -0.4 is 15.2 Å². The van der Waals surface area contributed by atoms with Gasteiger partial charge in [0.05, 0.1) is 19.8 Å². The lowest BCUT2D eigenvalue weighted by molar-refractivity contribution is 0.0600. The van der Waals surface area contributed by atoms with Crippen LogP contribution in [0.4, 0.5) is 0 Å². The Morgan fingerprint density at radius 2 is 1.96 bits per heavy atom. The number of hydrogen-bond donors (Lipinski definition) is 2. The SMILES string of the molecule is COC(=O)c1ccc(S(=O)(=O)NC(CN)CC(C)C)c(OC)c1. The van der Waals surface area contributed by atoms with Crippen LogP contribution in [0.15, 0.2) is 23.1 Å². The van der Waals surface area contributed by atoms with E-state index >= 15 is 0 Å². The number of benzene rings is 1. The van der Waals surface area contributed by atoms with Gasteiger partial charge in [-0.2, -0.15) is 0 Å². The minimum atomic E-state index is -3.82. The zero-order valence-electron chi connectivity index (χ0n) is 13.8. The molecular weight excluding hydrogens is 320 g/mol. The van der Waals surface area contributed by atoms with Crippen molar-refractivity contribution < 1.29 is 22.7 Å². The van der Waals surface area contributed by atoms with Crippen LogP contribution in [0.3, 0.4) is 0 Å². The van der Waals surface area contributed by atoms with Gasteiger partial charge < -0.3 is 15.2 Å². The van der Waals surface area contributed by atoms with Crippen LogP contribution in [-0.2, 0) is 14.8 Å². The van der Waals surface area contributed by atoms with E-state index in [1.165, 1.54) is 32.4 Å². The summed E-state index contributed by atoms with van der Waals surface area (Å²) in [4.78, 5) is 11.5. The van der Waals surface area contributed by atoms with Crippen molar-refractivity contribution in [2.75, 3.05) is 20.8 Å². The van der Waals surface area contributed by atoms with Crippen LogP contribution in [0.25, 0.3) is 0 Å². The van der Waals surface area contributed by atoms with Gasteiger partial charge in [0.15, 0.2) is 0 Å². The van der Waals surface area contributed by atoms with E-state index in [0.717, 1.165) is 0 Å². The molecule has 0 aliphatic carbocycles. The van der Waals surface area contributed by atoms with Crippen LogP contribution in [-0.4, -0.2) is 41.2 Å². The van der Waals surface area contributed by atoms with E-state index in [1.54, 1.807) is 0 Å². The highest BCUT2D eigenvalue weighted by molar-refractivity contribution is 7.89. The first-order valence-corrected chi connectivity index (χ1v) is 8.72. The number of rotatable bonds is 8. The monoisotopic (exact) mass is 344 g/mol. The fraction of sp³-hybridized carbons (Fsp3) is 0.533. The number of nitrogens with one attached hydrogen (secondary N) is 1. The van der Waals surface area contributed by atoms with Crippen molar-refractivity contribution in [2.24, 2.45) is 11.7 Å². The van der Waals surface area contributed by atoms with E-state index in [9.17, 15) is 13.2 Å². The molecule has 0 aliphatic rings. The zero-order valence-corrected chi connectivity index (χ0v) is 14.6. The number of esters is 1. The number of ether oxygens (including phenoxy) is 2. The second-order valence-corrected chi connectivity index (χ2v) is 7.22. The van der Waals surface area contributed by atoms with Gasteiger partial charge >= 0.3 is 5.97 Å². The lowest BCUT2D eigenvalue weighted by atomic mass is 10.1. The van der Waals surface area contributed by atoms with E-state index in [4.69, 9.17) is 10.5 Å². The lowest BCUT2D eigenvalue weighted by Crippen LogP contribution is -2.41. The molecule has 8 heteroatoms. The van der Waals surface area contributed by atoms with Gasteiger partial charge in [-0.25, -0.2) is 17.9 Å². The minimum Gasteiger partial charge on any atom is -0.495 e. The lowest BCUT2D eigenvalue weighted by Gasteiger charge is -2.20. The Hall–Kier alpha value is -1.64. The largest absolute Gasteiger partial charge is 0.495 e. The van der Waals surface area contributed by atoms with Crippen molar-refractivity contribution in [3.63, 3.8) is 0 Å². The van der Waals surface area contributed by atoms with E-state index < -0.39 is 16.0 Å². The molecule has 0 aliphatic heterocycles. The zero-order chi connectivity index (χ0) is 17.6. The molecule has 130 valence electrons. The van der Waals surface area contributed by atoms with Gasteiger partial charge in [0.2, 0.25) is 10.0 Å². The number of methoxy groups -OCH3 is 2. The molecule has 0 heterocycles. The standard InChI is InChI=1S/C15H24N2O5S/c1-10(2)7-12(9-16)17-23(19,20)14-6-5-11(15(18)22-4)8-13(14)21-3/h5-6,8,10,12,17H,7,9,16H2,1-4H3. The van der Waals surface area contributed by atoms with E-state index in [1.807, 2.05) is 13.8 Å². The molecule has 1 aromatic carbocycles. The predicted molar refractivity (Wildman–Crippen MR) is 87.0 cm³/mol. The van der Waals surface area contributed by atoms with Crippen molar-refractivity contribution >= 4 is 16.0 Å². The Morgan fingerprint density at radius 1 is 1.30 bits per heavy atom. The number of hydrogen-bond acceptors (Lipinski definition) is 6. The normalized spacial score (nSPS) is 13.0. The molecule has 3 N–H and O–H groups in total. The molecule has 0 amide bonds. The van der Waals surface area contributed by atoms with Gasteiger partial charge in [-0.05, 0) is 30.5 Å².